The van der Waals surface area contributed by atoms with Crippen molar-refractivity contribution in [2.75, 3.05) is 12.4 Å². The van der Waals surface area contributed by atoms with Crippen LogP contribution in [0.1, 0.15) is 27.2 Å². The van der Waals surface area contributed by atoms with Crippen LogP contribution < -0.4 is 0 Å². The minimum absolute atomic E-state index is 0.204. The molecule has 0 fully saturated rings. The van der Waals surface area contributed by atoms with E-state index in [0.29, 0.717) is 0 Å². The van der Waals surface area contributed by atoms with Crippen molar-refractivity contribution in [2.24, 2.45) is 0 Å². The highest BCUT2D eigenvalue weighted by Gasteiger charge is 2.11. The highest BCUT2D eigenvalue weighted by molar-refractivity contribution is 7.86. The van der Waals surface area contributed by atoms with Crippen LogP contribution in [0.5, 0.6) is 0 Å². The van der Waals surface area contributed by atoms with E-state index in [2.05, 4.69) is 0 Å². The molecule has 0 heterocycles. The topological polar surface area (TPSA) is 43.4 Å². The van der Waals surface area contributed by atoms with E-state index in [-0.39, 0.29) is 18.6 Å². The molecule has 12 heavy (non-hydrogen) atoms. The molecule has 0 aromatic heterocycles. The van der Waals surface area contributed by atoms with Gasteiger partial charge < -0.3 is 4.74 Å². The van der Waals surface area contributed by atoms with Crippen LogP contribution in [0.2, 0.25) is 0 Å². The van der Waals surface area contributed by atoms with Gasteiger partial charge in [-0.3, -0.25) is 0 Å². The van der Waals surface area contributed by atoms with E-state index in [0.717, 1.165) is 0 Å². The summed E-state index contributed by atoms with van der Waals surface area (Å²) in [5, 5.41) is 0. The predicted molar refractivity (Wildman–Crippen MR) is 45.2 cm³/mol. The summed E-state index contributed by atoms with van der Waals surface area (Å²) in [6, 6.07) is 0. The van der Waals surface area contributed by atoms with Crippen LogP contribution in [0.25, 0.3) is 0 Å². The molecule has 0 aromatic carbocycles. The van der Waals surface area contributed by atoms with E-state index in [4.69, 9.17) is 4.74 Å². The maximum atomic E-state index is 11.9. The molecular weight excluding hydrogens is 183 g/mol. The standard InChI is InChI=1S/C7H15FO3S/c1-7(2,3)11-5-4-6-12(8,9)10/h4-6H2,1-3H3. The van der Waals surface area contributed by atoms with Crippen molar-refractivity contribution in [3.8, 4) is 0 Å². The van der Waals surface area contributed by atoms with Crippen LogP contribution in [0.4, 0.5) is 3.89 Å². The van der Waals surface area contributed by atoms with Crippen molar-refractivity contribution in [3.63, 3.8) is 0 Å². The summed E-state index contributed by atoms with van der Waals surface area (Å²) >= 11 is 0. The normalized spacial score (nSPS) is 13.3. The van der Waals surface area contributed by atoms with E-state index < -0.39 is 16.0 Å². The van der Waals surface area contributed by atoms with Gasteiger partial charge in [0.25, 0.3) is 0 Å². The molecule has 74 valence electrons. The summed E-state index contributed by atoms with van der Waals surface area (Å²) in [6.07, 6.45) is 0.204. The average molecular weight is 198 g/mol. The van der Waals surface area contributed by atoms with Gasteiger partial charge in [0, 0.05) is 6.61 Å². The van der Waals surface area contributed by atoms with Crippen molar-refractivity contribution >= 4 is 10.2 Å². The van der Waals surface area contributed by atoms with Crippen LogP contribution in [0.3, 0.4) is 0 Å². The van der Waals surface area contributed by atoms with Crippen LogP contribution >= 0.6 is 0 Å². The van der Waals surface area contributed by atoms with E-state index in [1.165, 1.54) is 0 Å². The van der Waals surface area contributed by atoms with Gasteiger partial charge in [-0.2, -0.15) is 8.42 Å². The van der Waals surface area contributed by atoms with Gasteiger partial charge in [-0.05, 0) is 27.2 Å². The van der Waals surface area contributed by atoms with Gasteiger partial charge in [0.05, 0.1) is 11.4 Å². The Balaban J connectivity index is 3.48. The third kappa shape index (κ3) is 9.84. The van der Waals surface area contributed by atoms with Crippen LogP contribution in [-0.2, 0) is 15.0 Å². The zero-order valence-corrected chi connectivity index (χ0v) is 8.45. The predicted octanol–water partition coefficient (Wildman–Crippen LogP) is 1.49. The second-order valence-electron chi connectivity index (χ2n) is 3.56. The van der Waals surface area contributed by atoms with E-state index in [1.54, 1.807) is 0 Å². The van der Waals surface area contributed by atoms with Gasteiger partial charge in [-0.1, -0.05) is 0 Å². The lowest BCUT2D eigenvalue weighted by Crippen LogP contribution is -2.20. The highest BCUT2D eigenvalue weighted by Crippen LogP contribution is 2.07. The summed E-state index contributed by atoms with van der Waals surface area (Å²) in [7, 11) is -4.32. The minimum atomic E-state index is -4.32. The van der Waals surface area contributed by atoms with E-state index in [1.807, 2.05) is 20.8 Å². The third-order valence-electron chi connectivity index (χ3n) is 1.07. The summed E-state index contributed by atoms with van der Waals surface area (Å²) in [5.74, 6) is -0.455. The lowest BCUT2D eigenvalue weighted by molar-refractivity contribution is -0.00217. The van der Waals surface area contributed by atoms with E-state index >= 15 is 0 Å². The maximum absolute atomic E-state index is 11.9. The molecule has 0 rings (SSSR count). The second kappa shape index (κ2) is 4.18. The molecule has 0 spiro atoms. The molecule has 0 aliphatic rings. The Labute approximate surface area is 73.1 Å². The molecule has 0 N–H and O–H groups in total. The smallest absolute Gasteiger partial charge is 0.302 e. The zero-order chi connectivity index (χ0) is 9.83. The number of hydrogen-bond acceptors (Lipinski definition) is 3. The Hall–Kier alpha value is -0.160. The molecule has 0 unspecified atom stereocenters. The van der Waals surface area contributed by atoms with Gasteiger partial charge in [0.1, 0.15) is 0 Å². The van der Waals surface area contributed by atoms with E-state index in [9.17, 15) is 12.3 Å². The average Bonchev–Trinajstić information content (AvgIpc) is 1.76. The molecule has 0 saturated carbocycles. The second-order valence-corrected chi connectivity index (χ2v) is 5.04. The van der Waals surface area contributed by atoms with Crippen LogP contribution in [0, 0.1) is 0 Å². The first-order valence-corrected chi connectivity index (χ1v) is 5.32. The lowest BCUT2D eigenvalue weighted by atomic mass is 10.2. The number of halogens is 1. The van der Waals surface area contributed by atoms with Gasteiger partial charge in [-0.25, -0.2) is 0 Å². The Morgan fingerprint density at radius 3 is 2.17 bits per heavy atom. The largest absolute Gasteiger partial charge is 0.376 e. The molecule has 0 saturated heterocycles. The van der Waals surface area contributed by atoms with Crippen molar-refractivity contribution in [1.29, 1.82) is 0 Å². The molecule has 0 aromatic rings. The molecule has 0 radical (unpaired) electrons. The summed E-state index contributed by atoms with van der Waals surface area (Å²) < 4.78 is 37.2. The molecule has 5 heteroatoms. The quantitative estimate of drug-likeness (QED) is 0.507. The molecule has 0 atom stereocenters. The molecule has 0 bridgehead atoms. The Kier molecular flexibility index (Phi) is 4.13. The first-order valence-electron chi connectivity index (χ1n) is 3.77. The first kappa shape index (κ1) is 11.8. The number of ether oxygens (including phenoxy) is 1. The minimum Gasteiger partial charge on any atom is -0.376 e. The van der Waals surface area contributed by atoms with Gasteiger partial charge in [0.15, 0.2) is 0 Å². The van der Waals surface area contributed by atoms with Crippen LogP contribution in [-0.4, -0.2) is 26.4 Å². The summed E-state index contributed by atoms with van der Waals surface area (Å²) in [4.78, 5) is 0. The monoisotopic (exact) mass is 198 g/mol. The Morgan fingerprint density at radius 2 is 1.83 bits per heavy atom. The SMILES string of the molecule is CC(C)(C)OCCCS(=O)(=O)F. The van der Waals surface area contributed by atoms with Crippen LogP contribution in [0.15, 0.2) is 0 Å². The zero-order valence-electron chi connectivity index (χ0n) is 7.63. The molecule has 0 aliphatic carbocycles. The van der Waals surface area contributed by atoms with Gasteiger partial charge >= 0.3 is 10.2 Å². The van der Waals surface area contributed by atoms with Gasteiger partial charge in [-0.15, -0.1) is 3.89 Å². The van der Waals surface area contributed by atoms with Crippen molar-refractivity contribution in [1.82, 2.24) is 0 Å². The fourth-order valence-corrected chi connectivity index (χ4v) is 1.07. The molecular formula is C7H15FO3S. The fraction of sp³-hybridized carbons (Fsp3) is 1.00. The van der Waals surface area contributed by atoms with Crippen molar-refractivity contribution in [2.45, 2.75) is 32.8 Å². The Morgan fingerprint density at radius 1 is 1.33 bits per heavy atom. The third-order valence-corrected chi connectivity index (χ3v) is 1.84. The maximum Gasteiger partial charge on any atom is 0.302 e. The Bertz CT molecular complexity index is 215. The molecule has 0 aliphatic heterocycles. The fourth-order valence-electron chi connectivity index (χ4n) is 0.610. The molecule has 0 amide bonds. The van der Waals surface area contributed by atoms with Crippen molar-refractivity contribution < 1.29 is 17.0 Å². The summed E-state index contributed by atoms with van der Waals surface area (Å²) in [5.41, 5.74) is -0.292. The lowest BCUT2D eigenvalue weighted by Gasteiger charge is -2.18. The number of hydrogen-bond donors (Lipinski definition) is 0. The van der Waals surface area contributed by atoms with Gasteiger partial charge in [0.2, 0.25) is 0 Å². The van der Waals surface area contributed by atoms with Crippen molar-refractivity contribution in [3.05, 3.63) is 0 Å². The number of rotatable bonds is 4. The highest BCUT2D eigenvalue weighted by atomic mass is 32.3. The summed E-state index contributed by atoms with van der Waals surface area (Å²) in [6.45, 7) is 5.84. The molecule has 3 nitrogen and oxygen atoms in total. The first-order chi connectivity index (χ1) is 5.21.